The van der Waals surface area contributed by atoms with Crippen LogP contribution in [0, 0.1) is 13.8 Å². The number of halogens is 2. The molecule has 0 bridgehead atoms. The van der Waals surface area contributed by atoms with Crippen LogP contribution in [0.25, 0.3) is 21.5 Å². The Morgan fingerprint density at radius 3 is 1.97 bits per heavy atom. The molecule has 30 heavy (non-hydrogen) atoms. The maximum atomic E-state index is 2.39. The SMILES string of the molecule is CC(C)P(c1cc2ccccc2[cH-]1)C(C)C.Cc1ccc(C)c2[cH-]ccc12.[Cl-].[Cl-].[Hf+4]. The predicted molar refractivity (Wildman–Crippen MR) is 125 cm³/mol. The van der Waals surface area contributed by atoms with E-state index in [1.165, 1.54) is 32.7 Å². The first-order valence-electron chi connectivity index (χ1n) is 9.94. The molecule has 0 radical (unpaired) electrons. The third-order valence-electron chi connectivity index (χ3n) is 5.26. The first kappa shape index (κ1) is 29.5. The van der Waals surface area contributed by atoms with E-state index in [0.717, 1.165) is 11.3 Å². The molecule has 0 saturated heterocycles. The summed E-state index contributed by atoms with van der Waals surface area (Å²) in [6, 6.07) is 24.3. The fourth-order valence-electron chi connectivity index (χ4n) is 4.01. The molecule has 0 heterocycles. The maximum absolute atomic E-state index is 2.39. The van der Waals surface area contributed by atoms with Crippen molar-refractivity contribution in [2.75, 3.05) is 0 Å². The van der Waals surface area contributed by atoms with Gasteiger partial charge in [-0.3, -0.25) is 0 Å². The van der Waals surface area contributed by atoms with Crippen molar-refractivity contribution in [3.8, 4) is 0 Å². The van der Waals surface area contributed by atoms with Crippen LogP contribution < -0.4 is 30.1 Å². The number of benzene rings is 2. The molecule has 0 amide bonds. The molecule has 0 N–H and O–H groups in total. The molecule has 0 aliphatic rings. The molecule has 0 spiro atoms. The van der Waals surface area contributed by atoms with Crippen molar-refractivity contribution in [1.29, 1.82) is 0 Å². The Balaban J connectivity index is 0.000000535. The van der Waals surface area contributed by atoms with Gasteiger partial charge in [0.1, 0.15) is 0 Å². The summed E-state index contributed by atoms with van der Waals surface area (Å²) in [5.74, 6) is 0. The molecule has 0 atom stereocenters. The van der Waals surface area contributed by atoms with Crippen molar-refractivity contribution in [3.05, 3.63) is 77.9 Å². The molecule has 0 unspecified atom stereocenters. The van der Waals surface area contributed by atoms with E-state index < -0.39 is 0 Å². The number of rotatable bonds is 3. The summed E-state index contributed by atoms with van der Waals surface area (Å²) < 4.78 is 0. The van der Waals surface area contributed by atoms with Crippen LogP contribution in [0.1, 0.15) is 38.8 Å². The van der Waals surface area contributed by atoms with Crippen molar-refractivity contribution in [2.45, 2.75) is 52.9 Å². The van der Waals surface area contributed by atoms with Crippen LogP contribution in [-0.4, -0.2) is 11.3 Å². The zero-order chi connectivity index (χ0) is 19.6. The van der Waals surface area contributed by atoms with Crippen molar-refractivity contribution in [3.63, 3.8) is 0 Å². The molecule has 4 heteroatoms. The van der Waals surface area contributed by atoms with E-state index in [1.54, 1.807) is 5.30 Å². The first-order chi connectivity index (χ1) is 12.9. The standard InChI is InChI=1S/C15H20P.C11H11.2ClH.Hf/c1-11(2)16(12(3)4)15-9-13-7-5-6-8-14(13)10-15;1-8-6-7-9(2)11-5-3-4-10(8)11;;;/h5-12H,1-4H3;3-7H,1-2H3;2*1H;/q2*-1;;;+4/p-2. The molecule has 158 valence electrons. The van der Waals surface area contributed by atoms with Gasteiger partial charge in [-0.15, -0.1) is 68.8 Å². The van der Waals surface area contributed by atoms with Gasteiger partial charge in [0, 0.05) is 0 Å². The fraction of sp³-hybridized carbons (Fsp3) is 0.308. The van der Waals surface area contributed by atoms with Gasteiger partial charge in [0.15, 0.2) is 0 Å². The second-order valence-corrected chi connectivity index (χ2v) is 11.4. The molecule has 4 aromatic carbocycles. The smallest absolute Gasteiger partial charge is 1.00 e. The zero-order valence-electron chi connectivity index (χ0n) is 18.7. The topological polar surface area (TPSA) is 0 Å². The minimum absolute atomic E-state index is 0. The molecule has 4 rings (SSSR count). The van der Waals surface area contributed by atoms with E-state index in [2.05, 4.69) is 108 Å². The molecular weight excluding hydrogens is 593 g/mol. The predicted octanol–water partition coefficient (Wildman–Crippen LogP) is 1.66. The van der Waals surface area contributed by atoms with Crippen molar-refractivity contribution in [1.82, 2.24) is 0 Å². The minimum Gasteiger partial charge on any atom is -1.00 e. The van der Waals surface area contributed by atoms with Gasteiger partial charge in [0.05, 0.1) is 0 Å². The summed E-state index contributed by atoms with van der Waals surface area (Å²) in [7, 11) is -0.0206. The van der Waals surface area contributed by atoms with Gasteiger partial charge in [0.2, 0.25) is 0 Å². The zero-order valence-corrected chi connectivity index (χ0v) is 24.7. The van der Waals surface area contributed by atoms with Crippen LogP contribution in [0.5, 0.6) is 0 Å². The number of hydrogen-bond acceptors (Lipinski definition) is 0. The molecule has 0 saturated carbocycles. The van der Waals surface area contributed by atoms with Gasteiger partial charge in [-0.1, -0.05) is 60.2 Å². The summed E-state index contributed by atoms with van der Waals surface area (Å²) in [6.45, 7) is 13.7. The van der Waals surface area contributed by atoms with Crippen molar-refractivity contribution < 1.29 is 50.7 Å². The van der Waals surface area contributed by atoms with Crippen LogP contribution in [0.3, 0.4) is 0 Å². The van der Waals surface area contributed by atoms with E-state index in [4.69, 9.17) is 0 Å². The second-order valence-electron chi connectivity index (χ2n) is 7.99. The fourth-order valence-corrected chi connectivity index (χ4v) is 6.97. The van der Waals surface area contributed by atoms with Crippen LogP contribution in [0.4, 0.5) is 0 Å². The van der Waals surface area contributed by atoms with Crippen LogP contribution in [0.2, 0.25) is 0 Å². The van der Waals surface area contributed by atoms with Gasteiger partial charge in [-0.2, -0.15) is 18.2 Å². The van der Waals surface area contributed by atoms with Gasteiger partial charge in [0.25, 0.3) is 0 Å². The number of fused-ring (bicyclic) bond motifs is 2. The third kappa shape index (κ3) is 6.77. The van der Waals surface area contributed by atoms with Gasteiger partial charge < -0.3 is 24.8 Å². The monoisotopic (exact) mass is 624 g/mol. The summed E-state index contributed by atoms with van der Waals surface area (Å²) in [4.78, 5) is 0. The normalized spacial score (nSPS) is 10.4. The summed E-state index contributed by atoms with van der Waals surface area (Å²) in [5, 5.41) is 7.15. The third-order valence-corrected chi connectivity index (χ3v) is 8.34. The Labute approximate surface area is 214 Å². The van der Waals surface area contributed by atoms with Gasteiger partial charge in [-0.05, 0) is 18.2 Å². The Morgan fingerprint density at radius 2 is 1.40 bits per heavy atom. The average molecular weight is 624 g/mol. The van der Waals surface area contributed by atoms with E-state index >= 15 is 0 Å². The molecule has 0 aliphatic carbocycles. The molecular formula is C26H31Cl2HfP. The number of aryl methyl sites for hydroxylation is 2. The maximum Gasteiger partial charge on any atom is 4.00 e. The van der Waals surface area contributed by atoms with E-state index in [9.17, 15) is 0 Å². The van der Waals surface area contributed by atoms with E-state index in [0.29, 0.717) is 0 Å². The molecule has 0 nitrogen and oxygen atoms in total. The summed E-state index contributed by atoms with van der Waals surface area (Å²) >= 11 is 0. The Morgan fingerprint density at radius 1 is 0.800 bits per heavy atom. The van der Waals surface area contributed by atoms with Gasteiger partial charge >= 0.3 is 25.8 Å². The Hall–Kier alpha value is -0.460. The van der Waals surface area contributed by atoms with Crippen LogP contribution in [0.15, 0.2) is 66.7 Å². The Kier molecular flexibility index (Phi) is 13.0. The van der Waals surface area contributed by atoms with Crippen molar-refractivity contribution in [2.24, 2.45) is 0 Å². The first-order valence-corrected chi connectivity index (χ1v) is 11.4. The molecule has 0 aliphatic heterocycles. The van der Waals surface area contributed by atoms with Gasteiger partial charge in [-0.25, -0.2) is 0 Å². The quantitative estimate of drug-likeness (QED) is 0.185. The molecule has 4 aromatic rings. The largest absolute Gasteiger partial charge is 4.00 e. The minimum atomic E-state index is -0.0206. The van der Waals surface area contributed by atoms with E-state index in [1.807, 2.05) is 0 Å². The van der Waals surface area contributed by atoms with Crippen LogP contribution >= 0.6 is 7.92 Å². The second kappa shape index (κ2) is 13.2. The van der Waals surface area contributed by atoms with Crippen LogP contribution in [-0.2, 0) is 25.8 Å². The molecule has 0 fully saturated rings. The summed E-state index contributed by atoms with van der Waals surface area (Å²) in [6.07, 6.45) is 0. The summed E-state index contributed by atoms with van der Waals surface area (Å²) in [5.41, 5.74) is 4.28. The Bertz CT molecular complexity index is 953. The number of hydrogen-bond donors (Lipinski definition) is 0. The average Bonchev–Trinajstić information content (AvgIpc) is 3.25. The van der Waals surface area contributed by atoms with Crippen molar-refractivity contribution >= 4 is 34.8 Å². The van der Waals surface area contributed by atoms with E-state index in [-0.39, 0.29) is 58.6 Å². The molecule has 0 aromatic heterocycles.